The van der Waals surface area contributed by atoms with Gasteiger partial charge in [0.15, 0.2) is 12.6 Å². The molecule has 130 valence electrons. The van der Waals surface area contributed by atoms with Crippen LogP contribution in [0.5, 0.6) is 0 Å². The van der Waals surface area contributed by atoms with Crippen molar-refractivity contribution >= 4 is 0 Å². The SMILES string of the molecule is CO[C@@H]1CC(O)[C@H](O)[C@@H](CO[C@@H]2CC(O)[C@H](O)[C@@H](CO)O2)O1. The first kappa shape index (κ1) is 18.0. The van der Waals surface area contributed by atoms with Gasteiger partial charge in [0, 0.05) is 20.0 Å². The molecule has 0 saturated carbocycles. The Morgan fingerprint density at radius 1 is 0.909 bits per heavy atom. The molecule has 2 saturated heterocycles. The molecule has 0 aromatic carbocycles. The highest BCUT2D eigenvalue weighted by Crippen LogP contribution is 2.24. The number of hydrogen-bond donors (Lipinski definition) is 5. The van der Waals surface area contributed by atoms with Crippen LogP contribution >= 0.6 is 0 Å². The Morgan fingerprint density at radius 3 is 2.05 bits per heavy atom. The molecule has 0 aromatic heterocycles. The summed E-state index contributed by atoms with van der Waals surface area (Å²) in [5, 5.41) is 48.0. The van der Waals surface area contributed by atoms with E-state index in [0.717, 1.165) is 0 Å². The second-order valence-corrected chi connectivity index (χ2v) is 5.55. The summed E-state index contributed by atoms with van der Waals surface area (Å²) in [6.07, 6.45) is -7.44. The highest BCUT2D eigenvalue weighted by atomic mass is 16.7. The lowest BCUT2D eigenvalue weighted by Crippen LogP contribution is -2.53. The molecule has 0 radical (unpaired) electrons. The molecule has 2 rings (SSSR count). The monoisotopic (exact) mass is 324 g/mol. The van der Waals surface area contributed by atoms with Crippen molar-refractivity contribution in [2.45, 2.75) is 62.0 Å². The highest BCUT2D eigenvalue weighted by molar-refractivity contribution is 4.85. The molecule has 8 atom stereocenters. The van der Waals surface area contributed by atoms with Gasteiger partial charge in [-0.1, -0.05) is 0 Å². The second kappa shape index (κ2) is 7.95. The Bertz CT molecular complexity index is 341. The molecule has 0 spiro atoms. The van der Waals surface area contributed by atoms with E-state index in [-0.39, 0.29) is 19.4 Å². The van der Waals surface area contributed by atoms with Gasteiger partial charge in [0.2, 0.25) is 0 Å². The van der Waals surface area contributed by atoms with Gasteiger partial charge in [-0.25, -0.2) is 0 Å². The van der Waals surface area contributed by atoms with E-state index in [9.17, 15) is 20.4 Å². The fourth-order valence-corrected chi connectivity index (χ4v) is 2.58. The lowest BCUT2D eigenvalue weighted by molar-refractivity contribution is -0.289. The van der Waals surface area contributed by atoms with Gasteiger partial charge in [-0.15, -0.1) is 0 Å². The average Bonchev–Trinajstić information content (AvgIpc) is 2.51. The molecule has 0 amide bonds. The third-order valence-electron chi connectivity index (χ3n) is 3.96. The molecule has 5 N–H and O–H groups in total. The van der Waals surface area contributed by atoms with Crippen LogP contribution in [-0.4, -0.2) is 95.1 Å². The summed E-state index contributed by atoms with van der Waals surface area (Å²) in [5.41, 5.74) is 0. The summed E-state index contributed by atoms with van der Waals surface area (Å²) in [6, 6.07) is 0. The minimum Gasteiger partial charge on any atom is -0.394 e. The van der Waals surface area contributed by atoms with E-state index < -0.39 is 55.8 Å². The Morgan fingerprint density at radius 2 is 1.45 bits per heavy atom. The fourth-order valence-electron chi connectivity index (χ4n) is 2.58. The molecule has 9 nitrogen and oxygen atoms in total. The van der Waals surface area contributed by atoms with Crippen molar-refractivity contribution in [3.63, 3.8) is 0 Å². The lowest BCUT2D eigenvalue weighted by atomic mass is 10.0. The standard InChI is InChI=1S/C13H24O9/c1-19-10-2-6(15)13(18)9(22-10)5-20-11-3-7(16)12(17)8(4-14)21-11/h6-18H,2-5H2,1H3/t6?,7?,8-,9-,10+,11+,12+,13+/m1/s1. The van der Waals surface area contributed by atoms with Crippen LogP contribution in [0.15, 0.2) is 0 Å². The Hall–Kier alpha value is -0.360. The fraction of sp³-hybridized carbons (Fsp3) is 1.00. The van der Waals surface area contributed by atoms with Crippen LogP contribution in [0.2, 0.25) is 0 Å². The van der Waals surface area contributed by atoms with Crippen molar-refractivity contribution in [2.24, 2.45) is 0 Å². The minimum atomic E-state index is -1.18. The molecule has 2 aliphatic rings. The molecule has 0 bridgehead atoms. The van der Waals surface area contributed by atoms with E-state index in [2.05, 4.69) is 0 Å². The van der Waals surface area contributed by atoms with Crippen molar-refractivity contribution in [3.05, 3.63) is 0 Å². The first-order valence-corrected chi connectivity index (χ1v) is 7.24. The zero-order valence-electron chi connectivity index (χ0n) is 12.3. The lowest BCUT2D eigenvalue weighted by Gasteiger charge is -2.39. The first-order valence-electron chi connectivity index (χ1n) is 7.24. The van der Waals surface area contributed by atoms with Crippen molar-refractivity contribution in [1.29, 1.82) is 0 Å². The van der Waals surface area contributed by atoms with Crippen LogP contribution in [0.4, 0.5) is 0 Å². The molecule has 9 heteroatoms. The maximum atomic E-state index is 9.89. The topological polar surface area (TPSA) is 138 Å². The van der Waals surface area contributed by atoms with Crippen LogP contribution in [0.1, 0.15) is 12.8 Å². The second-order valence-electron chi connectivity index (χ2n) is 5.55. The average molecular weight is 324 g/mol. The zero-order chi connectivity index (χ0) is 16.3. The number of hydrogen-bond acceptors (Lipinski definition) is 9. The molecular weight excluding hydrogens is 300 g/mol. The van der Waals surface area contributed by atoms with Crippen molar-refractivity contribution in [1.82, 2.24) is 0 Å². The number of ether oxygens (including phenoxy) is 4. The minimum absolute atomic E-state index is 0.0245. The van der Waals surface area contributed by atoms with Gasteiger partial charge in [-0.05, 0) is 0 Å². The summed E-state index contributed by atoms with van der Waals surface area (Å²) in [4.78, 5) is 0. The largest absolute Gasteiger partial charge is 0.394 e. The molecule has 2 unspecified atom stereocenters. The van der Waals surface area contributed by atoms with Crippen molar-refractivity contribution in [3.8, 4) is 0 Å². The Labute approximate surface area is 128 Å². The van der Waals surface area contributed by atoms with E-state index in [0.29, 0.717) is 0 Å². The number of rotatable bonds is 5. The summed E-state index contributed by atoms with van der Waals surface area (Å²) >= 11 is 0. The Kier molecular flexibility index (Phi) is 6.50. The molecule has 0 aromatic rings. The van der Waals surface area contributed by atoms with Crippen LogP contribution in [0.25, 0.3) is 0 Å². The van der Waals surface area contributed by atoms with Crippen molar-refractivity contribution in [2.75, 3.05) is 20.3 Å². The Balaban J connectivity index is 1.86. The van der Waals surface area contributed by atoms with Gasteiger partial charge < -0.3 is 44.5 Å². The van der Waals surface area contributed by atoms with Crippen LogP contribution in [-0.2, 0) is 18.9 Å². The molecule has 0 aliphatic carbocycles. The third-order valence-corrected chi connectivity index (χ3v) is 3.96. The van der Waals surface area contributed by atoms with Gasteiger partial charge in [0.25, 0.3) is 0 Å². The maximum Gasteiger partial charge on any atom is 0.160 e. The first-order chi connectivity index (χ1) is 10.5. The van der Waals surface area contributed by atoms with E-state index >= 15 is 0 Å². The molecule has 2 fully saturated rings. The molecular formula is C13H24O9. The van der Waals surface area contributed by atoms with Gasteiger partial charge in [-0.3, -0.25) is 0 Å². The maximum absolute atomic E-state index is 9.89. The van der Waals surface area contributed by atoms with Gasteiger partial charge in [0.1, 0.15) is 24.4 Å². The van der Waals surface area contributed by atoms with E-state index in [4.69, 9.17) is 24.1 Å². The van der Waals surface area contributed by atoms with Crippen LogP contribution in [0, 0.1) is 0 Å². The van der Waals surface area contributed by atoms with Gasteiger partial charge in [0.05, 0.1) is 25.4 Å². The predicted molar refractivity (Wildman–Crippen MR) is 70.6 cm³/mol. The molecule has 2 aliphatic heterocycles. The van der Waals surface area contributed by atoms with Gasteiger partial charge >= 0.3 is 0 Å². The summed E-state index contributed by atoms with van der Waals surface area (Å²) in [6.45, 7) is -0.547. The van der Waals surface area contributed by atoms with E-state index in [1.807, 2.05) is 0 Å². The molecule has 22 heavy (non-hydrogen) atoms. The highest BCUT2D eigenvalue weighted by Gasteiger charge is 2.40. The summed E-state index contributed by atoms with van der Waals surface area (Å²) < 4.78 is 21.2. The van der Waals surface area contributed by atoms with Crippen LogP contribution < -0.4 is 0 Å². The van der Waals surface area contributed by atoms with E-state index in [1.165, 1.54) is 7.11 Å². The smallest absolute Gasteiger partial charge is 0.160 e. The third kappa shape index (κ3) is 4.13. The zero-order valence-corrected chi connectivity index (χ0v) is 12.3. The quantitative estimate of drug-likeness (QED) is 0.366. The molecule has 2 heterocycles. The van der Waals surface area contributed by atoms with Gasteiger partial charge in [-0.2, -0.15) is 0 Å². The number of aliphatic hydroxyl groups is 5. The summed E-state index contributed by atoms with van der Waals surface area (Å²) in [7, 11) is 1.43. The van der Waals surface area contributed by atoms with E-state index in [1.54, 1.807) is 0 Å². The van der Waals surface area contributed by atoms with Crippen molar-refractivity contribution < 1.29 is 44.5 Å². The van der Waals surface area contributed by atoms with Crippen LogP contribution in [0.3, 0.4) is 0 Å². The normalized spacial score (nSPS) is 46.6. The predicted octanol–water partition coefficient (Wildman–Crippen LogP) is -2.68. The number of aliphatic hydroxyl groups excluding tert-OH is 5. The summed E-state index contributed by atoms with van der Waals surface area (Å²) in [5.74, 6) is 0. The number of methoxy groups -OCH3 is 1.